The van der Waals surface area contributed by atoms with E-state index >= 15 is 0 Å². The molecule has 4 nitrogen and oxygen atoms in total. The first-order valence-corrected chi connectivity index (χ1v) is 10.3. The maximum Gasteiger partial charge on any atom is 0.335 e. The molecule has 1 heterocycles. The van der Waals surface area contributed by atoms with Gasteiger partial charge in [0.05, 0.1) is 12.8 Å². The summed E-state index contributed by atoms with van der Waals surface area (Å²) in [4.78, 5) is 20.4. The second-order valence-corrected chi connectivity index (χ2v) is 7.66. The van der Waals surface area contributed by atoms with Gasteiger partial charge in [0, 0.05) is 30.8 Å². The zero-order chi connectivity index (χ0) is 20.8. The largest absolute Gasteiger partial charge is 0.467 e. The minimum atomic E-state index is -0.912. The Morgan fingerprint density at radius 1 is 0.900 bits per heavy atom. The van der Waals surface area contributed by atoms with E-state index in [1.165, 1.54) is 12.7 Å². The quantitative estimate of drug-likeness (QED) is 0.458. The molecule has 3 aromatic carbocycles. The average Bonchev–Trinajstić information content (AvgIpc) is 3.22. The van der Waals surface area contributed by atoms with E-state index in [-0.39, 0.29) is 5.97 Å². The predicted octanol–water partition coefficient (Wildman–Crippen LogP) is 4.34. The Balaban J connectivity index is 1.72. The van der Waals surface area contributed by atoms with Gasteiger partial charge in [0.2, 0.25) is 0 Å². The summed E-state index contributed by atoms with van der Waals surface area (Å²) in [6.07, 6.45) is 0.635. The fourth-order valence-electron chi connectivity index (χ4n) is 4.04. The molecule has 1 atom stereocenters. The van der Waals surface area contributed by atoms with Crippen LogP contribution in [0.3, 0.4) is 0 Å². The number of rotatable bonds is 6. The highest BCUT2D eigenvalue weighted by Gasteiger charge is 2.46. The normalized spacial score (nSPS) is 18.7. The molecule has 1 fully saturated rings. The standard InChI is InChI=1S/C26H26N2O2/c1-30-25(29)26(17-18-28(20-26)19-21-11-5-2-6-12-21)27-24(22-13-7-3-8-14-22)23-15-9-4-10-16-23/h2-16H,17-20H2,1H3. The summed E-state index contributed by atoms with van der Waals surface area (Å²) >= 11 is 0. The van der Waals surface area contributed by atoms with Crippen LogP contribution in [0.4, 0.5) is 0 Å². The molecule has 0 radical (unpaired) electrons. The molecule has 0 aromatic heterocycles. The van der Waals surface area contributed by atoms with Crippen molar-refractivity contribution in [2.45, 2.75) is 18.5 Å². The van der Waals surface area contributed by atoms with Gasteiger partial charge in [0.15, 0.2) is 5.54 Å². The highest BCUT2D eigenvalue weighted by Crippen LogP contribution is 2.30. The van der Waals surface area contributed by atoms with Crippen molar-refractivity contribution in [3.05, 3.63) is 108 Å². The van der Waals surface area contributed by atoms with Crippen molar-refractivity contribution in [1.82, 2.24) is 4.90 Å². The lowest BCUT2D eigenvalue weighted by Gasteiger charge is -2.24. The molecule has 0 spiro atoms. The summed E-state index contributed by atoms with van der Waals surface area (Å²) < 4.78 is 5.24. The summed E-state index contributed by atoms with van der Waals surface area (Å²) in [7, 11) is 1.45. The summed E-state index contributed by atoms with van der Waals surface area (Å²) in [5.41, 5.74) is 3.13. The van der Waals surface area contributed by atoms with Gasteiger partial charge in [0.25, 0.3) is 0 Å². The van der Waals surface area contributed by atoms with Crippen molar-refractivity contribution in [1.29, 1.82) is 0 Å². The molecule has 152 valence electrons. The molecule has 1 aliphatic heterocycles. The van der Waals surface area contributed by atoms with E-state index in [1.807, 2.05) is 78.9 Å². The van der Waals surface area contributed by atoms with Crippen LogP contribution in [0.1, 0.15) is 23.1 Å². The molecule has 1 unspecified atom stereocenters. The minimum Gasteiger partial charge on any atom is -0.467 e. The zero-order valence-corrected chi connectivity index (χ0v) is 17.2. The van der Waals surface area contributed by atoms with Crippen LogP contribution in [0.25, 0.3) is 0 Å². The lowest BCUT2D eigenvalue weighted by atomic mass is 9.96. The van der Waals surface area contributed by atoms with Crippen LogP contribution in [0.15, 0.2) is 96.0 Å². The molecule has 30 heavy (non-hydrogen) atoms. The molecule has 4 rings (SSSR count). The predicted molar refractivity (Wildman–Crippen MR) is 120 cm³/mol. The van der Waals surface area contributed by atoms with E-state index in [4.69, 9.17) is 9.73 Å². The lowest BCUT2D eigenvalue weighted by molar-refractivity contribution is -0.146. The van der Waals surface area contributed by atoms with Crippen LogP contribution in [-0.2, 0) is 16.1 Å². The summed E-state index contributed by atoms with van der Waals surface area (Å²) in [5.74, 6) is -0.276. The molecule has 4 heteroatoms. The molecule has 0 bridgehead atoms. The van der Waals surface area contributed by atoms with Crippen LogP contribution >= 0.6 is 0 Å². The number of benzene rings is 3. The Kier molecular flexibility index (Phi) is 6.05. The Labute approximate surface area is 177 Å². The Hall–Kier alpha value is -3.24. The van der Waals surface area contributed by atoms with Crippen molar-refractivity contribution >= 4 is 11.7 Å². The molecule has 0 saturated carbocycles. The number of nitrogens with zero attached hydrogens (tertiary/aromatic N) is 2. The Morgan fingerprint density at radius 3 is 1.97 bits per heavy atom. The summed E-state index contributed by atoms with van der Waals surface area (Å²) in [6.45, 7) is 2.13. The minimum absolute atomic E-state index is 0.276. The first-order valence-electron chi connectivity index (χ1n) is 10.3. The number of carbonyl (C=O) groups is 1. The van der Waals surface area contributed by atoms with Crippen molar-refractivity contribution in [2.75, 3.05) is 20.2 Å². The van der Waals surface area contributed by atoms with Gasteiger partial charge in [-0.25, -0.2) is 4.79 Å². The van der Waals surface area contributed by atoms with Gasteiger partial charge in [-0.1, -0.05) is 91.0 Å². The van der Waals surface area contributed by atoms with Crippen LogP contribution < -0.4 is 0 Å². The van der Waals surface area contributed by atoms with Crippen LogP contribution in [-0.4, -0.2) is 42.3 Å². The number of methoxy groups -OCH3 is 1. The van der Waals surface area contributed by atoms with Gasteiger partial charge in [-0.3, -0.25) is 9.89 Å². The third-order valence-electron chi connectivity index (χ3n) is 5.56. The van der Waals surface area contributed by atoms with E-state index < -0.39 is 5.54 Å². The Morgan fingerprint density at radius 2 is 1.43 bits per heavy atom. The van der Waals surface area contributed by atoms with Crippen LogP contribution in [0.2, 0.25) is 0 Å². The fraction of sp³-hybridized carbons (Fsp3) is 0.231. The molecule has 3 aromatic rings. The van der Waals surface area contributed by atoms with Crippen molar-refractivity contribution in [2.24, 2.45) is 4.99 Å². The third kappa shape index (κ3) is 4.34. The topological polar surface area (TPSA) is 41.9 Å². The molecule has 1 saturated heterocycles. The number of carbonyl (C=O) groups excluding carboxylic acids is 1. The van der Waals surface area contributed by atoms with Gasteiger partial charge in [-0.15, -0.1) is 0 Å². The molecule has 0 N–H and O–H groups in total. The van der Waals surface area contributed by atoms with Gasteiger partial charge >= 0.3 is 5.97 Å². The number of hydrogen-bond acceptors (Lipinski definition) is 4. The number of ether oxygens (including phenoxy) is 1. The number of hydrogen-bond donors (Lipinski definition) is 0. The Bertz CT molecular complexity index is 961. The van der Waals surface area contributed by atoms with Crippen LogP contribution in [0, 0.1) is 0 Å². The first-order chi connectivity index (χ1) is 14.7. The maximum absolute atomic E-state index is 13.0. The van der Waals surface area contributed by atoms with E-state index in [1.54, 1.807) is 0 Å². The highest BCUT2D eigenvalue weighted by molar-refractivity contribution is 6.13. The molecule has 0 aliphatic carbocycles. The number of esters is 1. The first kappa shape index (κ1) is 20.0. The smallest absolute Gasteiger partial charge is 0.335 e. The summed E-state index contributed by atoms with van der Waals surface area (Å²) in [5, 5.41) is 0. The zero-order valence-electron chi connectivity index (χ0n) is 17.2. The van der Waals surface area contributed by atoms with Gasteiger partial charge < -0.3 is 4.74 Å². The summed E-state index contributed by atoms with van der Waals surface area (Å²) in [6, 6.07) is 30.4. The number of likely N-dealkylation sites (tertiary alicyclic amines) is 1. The van der Waals surface area contributed by atoms with E-state index in [2.05, 4.69) is 17.0 Å². The monoisotopic (exact) mass is 398 g/mol. The molecular formula is C26H26N2O2. The molecular weight excluding hydrogens is 372 g/mol. The van der Waals surface area contributed by atoms with Crippen molar-refractivity contribution < 1.29 is 9.53 Å². The van der Waals surface area contributed by atoms with E-state index in [0.717, 1.165) is 29.9 Å². The van der Waals surface area contributed by atoms with E-state index in [9.17, 15) is 4.79 Å². The maximum atomic E-state index is 13.0. The SMILES string of the molecule is COC(=O)C1(N=C(c2ccccc2)c2ccccc2)CCN(Cc2ccccc2)C1. The van der Waals surface area contributed by atoms with Gasteiger partial charge in [-0.2, -0.15) is 0 Å². The fourth-order valence-corrected chi connectivity index (χ4v) is 4.04. The second kappa shape index (κ2) is 9.06. The van der Waals surface area contributed by atoms with Crippen LogP contribution in [0.5, 0.6) is 0 Å². The molecule has 1 aliphatic rings. The van der Waals surface area contributed by atoms with Gasteiger partial charge in [0.1, 0.15) is 0 Å². The number of aliphatic imine (C=N–C) groups is 1. The second-order valence-electron chi connectivity index (χ2n) is 7.66. The molecule has 0 amide bonds. The lowest BCUT2D eigenvalue weighted by Crippen LogP contribution is -2.42. The van der Waals surface area contributed by atoms with Crippen molar-refractivity contribution in [3.63, 3.8) is 0 Å². The average molecular weight is 399 g/mol. The van der Waals surface area contributed by atoms with Gasteiger partial charge in [-0.05, 0) is 12.0 Å². The highest BCUT2D eigenvalue weighted by atomic mass is 16.5. The van der Waals surface area contributed by atoms with E-state index in [0.29, 0.717) is 13.0 Å². The van der Waals surface area contributed by atoms with Crippen molar-refractivity contribution in [3.8, 4) is 0 Å². The third-order valence-corrected chi connectivity index (χ3v) is 5.56.